The number of carbonyl (C=O) groups is 4. The van der Waals surface area contributed by atoms with Crippen LogP contribution in [0.5, 0.6) is 0 Å². The highest BCUT2D eigenvalue weighted by Gasteiger charge is 2.50. The van der Waals surface area contributed by atoms with Crippen LogP contribution < -0.4 is 5.32 Å². The predicted molar refractivity (Wildman–Crippen MR) is 120 cm³/mol. The number of nitriles is 1. The van der Waals surface area contributed by atoms with Crippen molar-refractivity contribution >= 4 is 23.5 Å². The number of benzene rings is 1. The largest absolute Gasteiger partial charge is 0.344 e. The van der Waals surface area contributed by atoms with Gasteiger partial charge in [-0.2, -0.15) is 5.26 Å². The number of hydrogen-bond acceptors (Lipinski definition) is 5. The third-order valence-electron chi connectivity index (χ3n) is 7.07. The molecule has 0 bridgehead atoms. The Morgan fingerprint density at radius 1 is 1.26 bits per heavy atom. The lowest BCUT2D eigenvalue weighted by Gasteiger charge is -2.22. The lowest BCUT2D eigenvalue weighted by Crippen LogP contribution is -2.46. The maximum absolute atomic E-state index is 13.7. The molecule has 2 fully saturated rings. The molecule has 1 aromatic carbocycles. The summed E-state index contributed by atoms with van der Waals surface area (Å²) in [6, 6.07) is 5.13. The zero-order valence-electron chi connectivity index (χ0n) is 19.7. The van der Waals surface area contributed by atoms with Gasteiger partial charge in [-0.25, -0.2) is 8.78 Å². The standard InChI is InChI=1S/C25H28F2N4O4/c1-14(2)21(32)7-15-4-3-5-16-11-30(12-19(15)16)22(33)8-17-6-20(29-23(17)34)24(35)31-13-25(26,27)9-18(31)10-28/h3-5,14,17-18,20H,6-9,11-13H2,1-2H3,(H,29,34)/t17-,18-,20-/m0/s1. The number of nitrogens with one attached hydrogen (secondary N) is 1. The van der Waals surface area contributed by atoms with E-state index < -0.39 is 48.7 Å². The minimum Gasteiger partial charge on any atom is -0.344 e. The predicted octanol–water partition coefficient (Wildman–Crippen LogP) is 1.95. The maximum atomic E-state index is 13.7. The quantitative estimate of drug-likeness (QED) is 0.661. The van der Waals surface area contributed by atoms with E-state index in [0.29, 0.717) is 19.5 Å². The Bertz CT molecular complexity index is 1110. The van der Waals surface area contributed by atoms with E-state index >= 15 is 0 Å². The van der Waals surface area contributed by atoms with E-state index in [-0.39, 0.29) is 30.4 Å². The minimum absolute atomic E-state index is 0.0125. The Morgan fingerprint density at radius 2 is 2.00 bits per heavy atom. The van der Waals surface area contributed by atoms with E-state index in [4.69, 9.17) is 5.26 Å². The first-order valence-electron chi connectivity index (χ1n) is 11.8. The van der Waals surface area contributed by atoms with Crippen LogP contribution in [0.1, 0.15) is 49.8 Å². The second-order valence-electron chi connectivity index (χ2n) is 9.97. The first kappa shape index (κ1) is 24.8. The third kappa shape index (κ3) is 5.04. The summed E-state index contributed by atoms with van der Waals surface area (Å²) < 4.78 is 27.5. The normalized spacial score (nSPS) is 24.9. The Kier molecular flexibility index (Phi) is 6.62. The highest BCUT2D eigenvalue weighted by atomic mass is 19.3. The molecule has 3 heterocycles. The van der Waals surface area contributed by atoms with Gasteiger partial charge in [0.1, 0.15) is 17.9 Å². The Labute approximate surface area is 202 Å². The summed E-state index contributed by atoms with van der Waals surface area (Å²) in [7, 11) is 0. The Morgan fingerprint density at radius 3 is 2.69 bits per heavy atom. The molecule has 3 aliphatic rings. The Hall–Kier alpha value is -3.35. The van der Waals surface area contributed by atoms with Crippen molar-refractivity contribution in [2.45, 2.75) is 70.6 Å². The molecule has 1 N–H and O–H groups in total. The summed E-state index contributed by atoms with van der Waals surface area (Å²) in [5.74, 6) is -5.31. The van der Waals surface area contributed by atoms with E-state index in [1.54, 1.807) is 11.0 Å². The van der Waals surface area contributed by atoms with E-state index in [1.807, 2.05) is 32.0 Å². The molecule has 186 valence electrons. The molecule has 0 aliphatic carbocycles. The second-order valence-corrected chi connectivity index (χ2v) is 9.97. The monoisotopic (exact) mass is 486 g/mol. The lowest BCUT2D eigenvalue weighted by molar-refractivity contribution is -0.135. The van der Waals surface area contributed by atoms with Gasteiger partial charge in [0.25, 0.3) is 5.92 Å². The number of hydrogen-bond donors (Lipinski definition) is 1. The average molecular weight is 487 g/mol. The van der Waals surface area contributed by atoms with E-state index in [1.165, 1.54) is 0 Å². The third-order valence-corrected chi connectivity index (χ3v) is 7.07. The van der Waals surface area contributed by atoms with Gasteiger partial charge in [0, 0.05) is 44.2 Å². The zero-order chi connectivity index (χ0) is 25.5. The lowest BCUT2D eigenvalue weighted by atomic mass is 9.95. The Balaban J connectivity index is 1.37. The van der Waals surface area contributed by atoms with E-state index in [2.05, 4.69) is 5.32 Å². The van der Waals surface area contributed by atoms with Gasteiger partial charge in [0.2, 0.25) is 17.7 Å². The van der Waals surface area contributed by atoms with Crippen LogP contribution in [-0.2, 0) is 38.7 Å². The smallest absolute Gasteiger partial charge is 0.268 e. The van der Waals surface area contributed by atoms with Crippen molar-refractivity contribution in [3.63, 3.8) is 0 Å². The highest BCUT2D eigenvalue weighted by Crippen LogP contribution is 2.34. The van der Waals surface area contributed by atoms with Gasteiger partial charge in [-0.05, 0) is 23.1 Å². The van der Waals surface area contributed by atoms with Gasteiger partial charge in [-0.3, -0.25) is 19.2 Å². The molecular formula is C25H28F2N4O4. The first-order valence-corrected chi connectivity index (χ1v) is 11.8. The van der Waals surface area contributed by atoms with Crippen molar-refractivity contribution < 1.29 is 28.0 Å². The number of likely N-dealkylation sites (tertiary alicyclic amines) is 1. The fourth-order valence-electron chi connectivity index (χ4n) is 5.01. The molecular weight excluding hydrogens is 458 g/mol. The summed E-state index contributed by atoms with van der Waals surface area (Å²) >= 11 is 0. The van der Waals surface area contributed by atoms with Crippen LogP contribution in [0.2, 0.25) is 0 Å². The van der Waals surface area contributed by atoms with Crippen LogP contribution in [0.15, 0.2) is 18.2 Å². The average Bonchev–Trinajstić information content (AvgIpc) is 3.48. The molecule has 0 aromatic heterocycles. The van der Waals surface area contributed by atoms with Crippen molar-refractivity contribution in [2.24, 2.45) is 11.8 Å². The van der Waals surface area contributed by atoms with Gasteiger partial charge in [0.15, 0.2) is 0 Å². The summed E-state index contributed by atoms with van der Waals surface area (Å²) in [4.78, 5) is 53.0. The summed E-state index contributed by atoms with van der Waals surface area (Å²) in [6.45, 7) is 3.57. The summed E-state index contributed by atoms with van der Waals surface area (Å²) in [5, 5.41) is 11.7. The van der Waals surface area contributed by atoms with Crippen molar-refractivity contribution in [3.05, 3.63) is 34.9 Å². The topological polar surface area (TPSA) is 111 Å². The molecule has 0 spiro atoms. The van der Waals surface area contributed by atoms with Gasteiger partial charge in [-0.15, -0.1) is 0 Å². The number of nitrogens with zero attached hydrogens (tertiary/aromatic N) is 3. The van der Waals surface area contributed by atoms with Gasteiger partial charge in [-0.1, -0.05) is 32.0 Å². The van der Waals surface area contributed by atoms with Crippen LogP contribution in [0.4, 0.5) is 8.78 Å². The van der Waals surface area contributed by atoms with Crippen LogP contribution in [0.3, 0.4) is 0 Å². The molecule has 35 heavy (non-hydrogen) atoms. The maximum Gasteiger partial charge on any atom is 0.268 e. The van der Waals surface area contributed by atoms with Gasteiger partial charge in [0.05, 0.1) is 12.6 Å². The number of halogens is 2. The fraction of sp³-hybridized carbons (Fsp3) is 0.560. The molecule has 3 aliphatic heterocycles. The van der Waals surface area contributed by atoms with Crippen LogP contribution in [0, 0.1) is 23.2 Å². The molecule has 3 amide bonds. The molecule has 8 nitrogen and oxygen atoms in total. The van der Waals surface area contributed by atoms with E-state index in [9.17, 15) is 28.0 Å². The van der Waals surface area contributed by atoms with Gasteiger partial charge >= 0.3 is 0 Å². The molecule has 2 saturated heterocycles. The molecule has 0 unspecified atom stereocenters. The van der Waals surface area contributed by atoms with Crippen molar-refractivity contribution in [1.82, 2.24) is 15.1 Å². The molecule has 10 heteroatoms. The second kappa shape index (κ2) is 9.36. The molecule has 0 radical (unpaired) electrons. The van der Waals surface area contributed by atoms with E-state index in [0.717, 1.165) is 21.6 Å². The fourth-order valence-corrected chi connectivity index (χ4v) is 5.01. The van der Waals surface area contributed by atoms with Gasteiger partial charge < -0.3 is 15.1 Å². The molecule has 3 atom stereocenters. The van der Waals surface area contributed by atoms with Crippen molar-refractivity contribution in [1.29, 1.82) is 5.26 Å². The van der Waals surface area contributed by atoms with Crippen LogP contribution in [0.25, 0.3) is 0 Å². The van der Waals surface area contributed by atoms with Crippen LogP contribution in [-0.4, -0.2) is 57.9 Å². The minimum atomic E-state index is -3.14. The molecule has 4 rings (SSSR count). The molecule has 1 aromatic rings. The molecule has 0 saturated carbocycles. The summed E-state index contributed by atoms with van der Waals surface area (Å²) in [5.41, 5.74) is 2.82. The number of fused-ring (bicyclic) bond motifs is 1. The number of amides is 3. The number of carbonyl (C=O) groups excluding carboxylic acids is 4. The van der Waals surface area contributed by atoms with Crippen molar-refractivity contribution in [3.8, 4) is 6.07 Å². The SMILES string of the molecule is CC(C)C(=O)Cc1cccc2c1CN(C(=O)C[C@@H]1C[C@@H](C(=O)N3CC(F)(F)C[C@H]3C#N)NC1=O)C2. The number of alkyl halides is 2. The van der Waals surface area contributed by atoms with Crippen LogP contribution >= 0.6 is 0 Å². The number of Topliss-reactive ketones (excluding diaryl/α,β-unsaturated/α-hetero) is 1. The summed E-state index contributed by atoms with van der Waals surface area (Å²) in [6.07, 6.45) is -0.519. The number of ketones is 1. The van der Waals surface area contributed by atoms with Crippen molar-refractivity contribution in [2.75, 3.05) is 6.54 Å². The first-order chi connectivity index (χ1) is 16.5. The highest BCUT2D eigenvalue weighted by molar-refractivity contribution is 5.94. The zero-order valence-corrected chi connectivity index (χ0v) is 19.7. The number of rotatable bonds is 6.